The minimum absolute atomic E-state index is 0.0602. The summed E-state index contributed by atoms with van der Waals surface area (Å²) in [5.74, 6) is 0. The lowest BCUT2D eigenvalue weighted by Gasteiger charge is -2.21. The number of aromatic nitrogens is 4. The first-order chi connectivity index (χ1) is 21.0. The number of hydrogen-bond acceptors (Lipinski definition) is 12. The third-order valence-electron chi connectivity index (χ3n) is 5.39. The standard InChI is InChI=1S/C31H16N12/c1-38-21(8-2-14-32)22(9-3-15-33)39-27-20-28-30(41-24(11-5-17-35)23(40-28)10-4-16-34)31-29(27)42-25(12-6-18-36)26(43-31)13-7-19-37/h2-13H,1,20H2/b8-2+,9-3+,10-4+,11-5+,12-6+,13-7+,22-21-,39-27?. The molecule has 0 N–H and O–H groups in total. The number of fused-ring (bicyclic) bond motifs is 3. The Balaban J connectivity index is 2.51. The lowest BCUT2D eigenvalue weighted by atomic mass is 9.96. The maximum atomic E-state index is 9.17. The van der Waals surface area contributed by atoms with Gasteiger partial charge < -0.3 is 0 Å². The summed E-state index contributed by atoms with van der Waals surface area (Å²) in [7, 11) is 0. The first-order valence-electron chi connectivity index (χ1n) is 12.0. The summed E-state index contributed by atoms with van der Waals surface area (Å²) in [6, 6.07) is 11.4. The van der Waals surface area contributed by atoms with E-state index < -0.39 is 0 Å². The number of hydrogen-bond donors (Lipinski definition) is 0. The second-order valence-electron chi connectivity index (χ2n) is 7.92. The molecule has 2 heterocycles. The van der Waals surface area contributed by atoms with Crippen LogP contribution in [0.15, 0.2) is 70.0 Å². The highest BCUT2D eigenvalue weighted by Crippen LogP contribution is 2.32. The predicted molar refractivity (Wildman–Crippen MR) is 158 cm³/mol. The van der Waals surface area contributed by atoms with E-state index in [-0.39, 0.29) is 40.6 Å². The van der Waals surface area contributed by atoms with Crippen LogP contribution in [-0.2, 0) is 6.42 Å². The monoisotopic (exact) mass is 556 g/mol. The quantitative estimate of drug-likeness (QED) is 0.251. The van der Waals surface area contributed by atoms with Gasteiger partial charge in [-0.05, 0) is 43.2 Å². The maximum absolute atomic E-state index is 9.17. The summed E-state index contributed by atoms with van der Waals surface area (Å²) in [6.45, 7) is 3.54. The van der Waals surface area contributed by atoms with Crippen molar-refractivity contribution < 1.29 is 0 Å². The molecule has 3 rings (SSSR count). The second-order valence-corrected chi connectivity index (χ2v) is 7.92. The zero-order valence-electron chi connectivity index (χ0n) is 22.2. The summed E-state index contributed by atoms with van der Waals surface area (Å²) in [5.41, 5.74) is 3.06. The SMILES string of the molecule is C=NC(/C=C/C#N)=C(/C=C/C#N)N=C1Cc2nc(/C=C/C#N)c(/C=C/C#N)nc2-c2nc(/C=C/C#N)c(/C=C/C#N)nc21. The van der Waals surface area contributed by atoms with Crippen LogP contribution in [0.3, 0.4) is 0 Å². The molecule has 43 heavy (non-hydrogen) atoms. The molecule has 0 atom stereocenters. The highest BCUT2D eigenvalue weighted by Gasteiger charge is 2.29. The van der Waals surface area contributed by atoms with Crippen LogP contribution in [0.4, 0.5) is 0 Å². The topological polar surface area (TPSA) is 219 Å². The van der Waals surface area contributed by atoms with Crippen molar-refractivity contribution in [2.24, 2.45) is 9.98 Å². The molecular weight excluding hydrogens is 540 g/mol. The number of rotatable bonds is 8. The average Bonchev–Trinajstić information content (AvgIpc) is 3.03. The van der Waals surface area contributed by atoms with Crippen molar-refractivity contribution >= 4 is 36.7 Å². The molecule has 12 heteroatoms. The fourth-order valence-electron chi connectivity index (χ4n) is 3.71. The summed E-state index contributed by atoms with van der Waals surface area (Å²) >= 11 is 0. The van der Waals surface area contributed by atoms with Crippen molar-refractivity contribution in [3.63, 3.8) is 0 Å². The van der Waals surface area contributed by atoms with Crippen LogP contribution >= 0.6 is 0 Å². The van der Waals surface area contributed by atoms with Gasteiger partial charge in [-0.15, -0.1) is 0 Å². The first-order valence-corrected chi connectivity index (χ1v) is 12.0. The van der Waals surface area contributed by atoms with Crippen molar-refractivity contribution in [3.8, 4) is 47.8 Å². The summed E-state index contributed by atoms with van der Waals surface area (Å²) in [6.07, 6.45) is 15.8. The lowest BCUT2D eigenvalue weighted by Crippen LogP contribution is -2.21. The van der Waals surface area contributed by atoms with Crippen LogP contribution in [-0.4, -0.2) is 32.4 Å². The van der Waals surface area contributed by atoms with E-state index in [9.17, 15) is 0 Å². The molecule has 0 saturated heterocycles. The molecule has 12 nitrogen and oxygen atoms in total. The van der Waals surface area contributed by atoms with E-state index >= 15 is 0 Å². The Hall–Kier alpha value is -7.38. The van der Waals surface area contributed by atoms with Gasteiger partial charge >= 0.3 is 0 Å². The smallest absolute Gasteiger partial charge is 0.119 e. The molecule has 2 aromatic rings. The maximum Gasteiger partial charge on any atom is 0.119 e. The molecular formula is C31H16N12. The molecule has 1 aliphatic carbocycles. The normalized spacial score (nSPS) is 13.8. The molecule has 0 aromatic carbocycles. The van der Waals surface area contributed by atoms with Gasteiger partial charge in [-0.25, -0.2) is 24.9 Å². The Bertz CT molecular complexity index is 1970. The van der Waals surface area contributed by atoms with Gasteiger partial charge in [0.15, 0.2) is 0 Å². The third kappa shape index (κ3) is 7.39. The fourth-order valence-corrected chi connectivity index (χ4v) is 3.71. The largest absolute Gasteiger partial charge is 0.262 e. The minimum Gasteiger partial charge on any atom is -0.262 e. The zero-order chi connectivity index (χ0) is 31.0. The minimum atomic E-state index is 0.0602. The Labute approximate surface area is 246 Å². The fraction of sp³-hybridized carbons (Fsp3) is 0.0323. The van der Waals surface area contributed by atoms with Gasteiger partial charge in [0.25, 0.3) is 0 Å². The van der Waals surface area contributed by atoms with Crippen LogP contribution in [0.5, 0.6) is 0 Å². The molecule has 0 spiro atoms. The second kappa shape index (κ2) is 15.3. The number of nitriles is 6. The molecule has 0 bridgehead atoms. The number of aliphatic imine (C=N–C) groups is 2. The van der Waals surface area contributed by atoms with Crippen LogP contribution in [0, 0.1) is 68.0 Å². The Morgan fingerprint density at radius 1 is 0.558 bits per heavy atom. The van der Waals surface area contributed by atoms with Gasteiger partial charge in [0, 0.05) is 42.9 Å². The van der Waals surface area contributed by atoms with E-state index in [1.165, 1.54) is 72.9 Å². The van der Waals surface area contributed by atoms with Crippen molar-refractivity contribution in [1.29, 1.82) is 31.6 Å². The predicted octanol–water partition coefficient (Wildman–Crippen LogP) is 4.50. The van der Waals surface area contributed by atoms with Crippen molar-refractivity contribution in [1.82, 2.24) is 19.9 Å². The molecule has 0 fully saturated rings. The molecule has 0 radical (unpaired) electrons. The van der Waals surface area contributed by atoms with Crippen LogP contribution < -0.4 is 0 Å². The molecule has 1 aliphatic rings. The van der Waals surface area contributed by atoms with E-state index in [1.54, 1.807) is 0 Å². The van der Waals surface area contributed by atoms with E-state index in [2.05, 4.69) is 16.7 Å². The van der Waals surface area contributed by atoms with Gasteiger partial charge in [-0.3, -0.25) is 4.99 Å². The summed E-state index contributed by atoms with van der Waals surface area (Å²) in [4.78, 5) is 27.5. The van der Waals surface area contributed by atoms with Gasteiger partial charge in [0.1, 0.15) is 17.1 Å². The van der Waals surface area contributed by atoms with Crippen molar-refractivity contribution in [2.75, 3.05) is 0 Å². The number of nitrogens with zero attached hydrogens (tertiary/aromatic N) is 12. The Morgan fingerprint density at radius 3 is 1.44 bits per heavy atom. The van der Waals surface area contributed by atoms with Gasteiger partial charge in [0.2, 0.25) is 0 Å². The van der Waals surface area contributed by atoms with Gasteiger partial charge in [0.05, 0.1) is 82.0 Å². The van der Waals surface area contributed by atoms with E-state index in [0.717, 1.165) is 0 Å². The molecule has 2 aromatic heterocycles. The lowest BCUT2D eigenvalue weighted by molar-refractivity contribution is 1.00. The Morgan fingerprint density at radius 2 is 0.977 bits per heavy atom. The molecule has 0 unspecified atom stereocenters. The molecule has 0 aliphatic heterocycles. The highest BCUT2D eigenvalue weighted by atomic mass is 15.0. The van der Waals surface area contributed by atoms with Crippen LogP contribution in [0.25, 0.3) is 35.7 Å². The molecule has 200 valence electrons. The number of allylic oxidation sites excluding steroid dienone is 8. The van der Waals surface area contributed by atoms with Crippen LogP contribution in [0.1, 0.15) is 34.2 Å². The highest BCUT2D eigenvalue weighted by molar-refractivity contribution is 6.08. The van der Waals surface area contributed by atoms with Crippen LogP contribution in [0.2, 0.25) is 0 Å². The zero-order valence-corrected chi connectivity index (χ0v) is 22.2. The third-order valence-corrected chi connectivity index (χ3v) is 5.39. The van der Waals surface area contributed by atoms with E-state index in [1.807, 2.05) is 36.4 Å². The van der Waals surface area contributed by atoms with Crippen molar-refractivity contribution in [3.05, 3.63) is 94.2 Å². The summed E-state index contributed by atoms with van der Waals surface area (Å²) in [5, 5.41) is 54.6. The first kappa shape index (κ1) is 30.2. The van der Waals surface area contributed by atoms with Gasteiger partial charge in [-0.2, -0.15) is 31.6 Å². The van der Waals surface area contributed by atoms with E-state index in [4.69, 9.17) is 51.5 Å². The van der Waals surface area contributed by atoms with Gasteiger partial charge in [-0.1, -0.05) is 0 Å². The molecule has 0 saturated carbocycles. The van der Waals surface area contributed by atoms with Crippen molar-refractivity contribution in [2.45, 2.75) is 6.42 Å². The average molecular weight is 557 g/mol. The van der Waals surface area contributed by atoms with E-state index in [0.29, 0.717) is 28.5 Å². The molecule has 0 amide bonds. The summed E-state index contributed by atoms with van der Waals surface area (Å²) < 4.78 is 0. The Kier molecular flexibility index (Phi) is 10.7.